The molecule has 0 fully saturated rings. The minimum atomic E-state index is -1.49. The Hall–Kier alpha value is -1.33. The Morgan fingerprint density at radius 2 is 1.83 bits per heavy atom. The van der Waals surface area contributed by atoms with Crippen LogP contribution in [0.1, 0.15) is 24.2 Å². The van der Waals surface area contributed by atoms with Gasteiger partial charge in [0.2, 0.25) is 0 Å². The molecule has 0 spiro atoms. The average Bonchev–Trinajstić information content (AvgIpc) is 2.22. The number of carbonyl (C=O) groups excluding carboxylic acids is 1. The van der Waals surface area contributed by atoms with Gasteiger partial charge in [0.25, 0.3) is 5.91 Å². The van der Waals surface area contributed by atoms with Crippen LogP contribution in [-0.2, 0) is 4.79 Å². The van der Waals surface area contributed by atoms with Crippen molar-refractivity contribution < 1.29 is 19.1 Å². The van der Waals surface area contributed by atoms with Crippen LogP contribution >= 0.6 is 23.2 Å². The van der Waals surface area contributed by atoms with E-state index in [-0.39, 0.29) is 15.6 Å². The minimum Gasteiger partial charge on any atom is -0.480 e. The van der Waals surface area contributed by atoms with Crippen LogP contribution in [0.4, 0.5) is 4.39 Å². The molecule has 0 bridgehead atoms. The Kier molecular flexibility index (Phi) is 4.19. The number of amides is 1. The van der Waals surface area contributed by atoms with Gasteiger partial charge < -0.3 is 10.4 Å². The van der Waals surface area contributed by atoms with E-state index < -0.39 is 23.2 Å². The molecule has 1 amide bonds. The third-order valence-electron chi connectivity index (χ3n) is 2.22. The molecule has 0 radical (unpaired) electrons. The molecule has 7 heteroatoms. The number of aliphatic carboxylic acids is 1. The summed E-state index contributed by atoms with van der Waals surface area (Å²) in [5, 5.41) is 10.8. The van der Waals surface area contributed by atoms with Gasteiger partial charge in [0.1, 0.15) is 11.4 Å². The quantitative estimate of drug-likeness (QED) is 0.842. The van der Waals surface area contributed by atoms with Crippen LogP contribution in [-0.4, -0.2) is 22.5 Å². The van der Waals surface area contributed by atoms with Gasteiger partial charge >= 0.3 is 5.97 Å². The van der Waals surface area contributed by atoms with Crippen molar-refractivity contribution in [3.8, 4) is 0 Å². The molecule has 0 saturated carbocycles. The monoisotopic (exact) mass is 293 g/mol. The molecule has 0 heterocycles. The van der Waals surface area contributed by atoms with E-state index in [1.165, 1.54) is 13.8 Å². The first-order chi connectivity index (χ1) is 8.15. The third-order valence-corrected chi connectivity index (χ3v) is 2.82. The van der Waals surface area contributed by atoms with Crippen LogP contribution < -0.4 is 5.32 Å². The fourth-order valence-electron chi connectivity index (χ4n) is 1.10. The molecular weight excluding hydrogens is 284 g/mol. The van der Waals surface area contributed by atoms with Crippen LogP contribution in [0.2, 0.25) is 10.0 Å². The zero-order valence-corrected chi connectivity index (χ0v) is 11.1. The van der Waals surface area contributed by atoms with Gasteiger partial charge in [-0.2, -0.15) is 0 Å². The first-order valence-electron chi connectivity index (χ1n) is 4.85. The molecule has 1 aromatic rings. The zero-order chi connectivity index (χ0) is 14.1. The first kappa shape index (κ1) is 14.7. The number of hydrogen-bond donors (Lipinski definition) is 2. The number of halogens is 3. The molecule has 1 rings (SSSR count). The number of carboxylic acids is 1. The molecule has 1 aromatic carbocycles. The lowest BCUT2D eigenvalue weighted by atomic mass is 10.1. The zero-order valence-electron chi connectivity index (χ0n) is 9.55. The second-order valence-corrected chi connectivity index (χ2v) is 4.94. The smallest absolute Gasteiger partial charge is 0.328 e. The number of benzene rings is 1. The molecule has 0 atom stereocenters. The van der Waals surface area contributed by atoms with Crippen molar-refractivity contribution in [2.24, 2.45) is 0 Å². The summed E-state index contributed by atoms with van der Waals surface area (Å²) in [4.78, 5) is 22.6. The highest BCUT2D eigenvalue weighted by atomic mass is 35.5. The van der Waals surface area contributed by atoms with Crippen LogP contribution in [0, 0.1) is 5.82 Å². The first-order valence-corrected chi connectivity index (χ1v) is 5.61. The highest BCUT2D eigenvalue weighted by molar-refractivity contribution is 6.36. The van der Waals surface area contributed by atoms with Gasteiger partial charge in [-0.3, -0.25) is 4.79 Å². The van der Waals surface area contributed by atoms with E-state index in [9.17, 15) is 14.0 Å². The Morgan fingerprint density at radius 1 is 1.28 bits per heavy atom. The van der Waals surface area contributed by atoms with Crippen molar-refractivity contribution >= 4 is 35.1 Å². The van der Waals surface area contributed by atoms with E-state index in [1.54, 1.807) is 0 Å². The largest absolute Gasteiger partial charge is 0.480 e. The highest BCUT2D eigenvalue weighted by Gasteiger charge is 2.30. The van der Waals surface area contributed by atoms with Crippen LogP contribution in [0.5, 0.6) is 0 Å². The molecule has 98 valence electrons. The number of nitrogens with one attached hydrogen (secondary N) is 1. The lowest BCUT2D eigenvalue weighted by molar-refractivity contribution is -0.143. The van der Waals surface area contributed by atoms with Crippen LogP contribution in [0.15, 0.2) is 12.1 Å². The maximum atomic E-state index is 13.2. The van der Waals surface area contributed by atoms with Gasteiger partial charge in [-0.1, -0.05) is 23.2 Å². The normalized spacial score (nSPS) is 11.2. The number of hydrogen-bond acceptors (Lipinski definition) is 2. The molecule has 0 aliphatic rings. The number of carboxylic acid groups (broad SMARTS) is 1. The maximum absolute atomic E-state index is 13.2. The summed E-state index contributed by atoms with van der Waals surface area (Å²) in [5.74, 6) is -2.82. The molecule has 2 N–H and O–H groups in total. The molecule has 0 aliphatic heterocycles. The van der Waals surface area contributed by atoms with Gasteiger partial charge in [0, 0.05) is 0 Å². The topological polar surface area (TPSA) is 66.4 Å². The van der Waals surface area contributed by atoms with Crippen LogP contribution in [0.3, 0.4) is 0 Å². The lowest BCUT2D eigenvalue weighted by Gasteiger charge is -2.21. The summed E-state index contributed by atoms with van der Waals surface area (Å²) >= 11 is 11.2. The summed E-state index contributed by atoms with van der Waals surface area (Å²) in [5.41, 5.74) is -1.66. The van der Waals surface area contributed by atoms with Crippen molar-refractivity contribution in [2.45, 2.75) is 19.4 Å². The van der Waals surface area contributed by atoms with Gasteiger partial charge in [0.15, 0.2) is 0 Å². The molecular formula is C11H10Cl2FNO3. The maximum Gasteiger partial charge on any atom is 0.328 e. The van der Waals surface area contributed by atoms with Crippen molar-refractivity contribution in [3.05, 3.63) is 33.6 Å². The molecule has 0 saturated heterocycles. The van der Waals surface area contributed by atoms with E-state index in [4.69, 9.17) is 28.3 Å². The standard InChI is InChI=1S/C11H10Cl2FNO3/c1-11(2,10(17)18)15-9(16)5-3-8(14)7(13)4-6(5)12/h3-4H,1-2H3,(H,15,16)(H,17,18). The summed E-state index contributed by atoms with van der Waals surface area (Å²) in [6.07, 6.45) is 0. The van der Waals surface area contributed by atoms with E-state index in [1.807, 2.05) is 0 Å². The predicted molar refractivity (Wildman–Crippen MR) is 65.6 cm³/mol. The fraction of sp³-hybridized carbons (Fsp3) is 0.273. The lowest BCUT2D eigenvalue weighted by Crippen LogP contribution is -2.49. The van der Waals surface area contributed by atoms with Crippen LogP contribution in [0.25, 0.3) is 0 Å². The average molecular weight is 294 g/mol. The Bertz CT molecular complexity index is 517. The molecule has 18 heavy (non-hydrogen) atoms. The van der Waals surface area contributed by atoms with Gasteiger partial charge in [0.05, 0.1) is 15.6 Å². The predicted octanol–water partition coefficient (Wildman–Crippen LogP) is 2.73. The Balaban J connectivity index is 3.06. The SMILES string of the molecule is CC(C)(NC(=O)c1cc(F)c(Cl)cc1Cl)C(=O)O. The van der Waals surface area contributed by atoms with Gasteiger partial charge in [-0.15, -0.1) is 0 Å². The third kappa shape index (κ3) is 3.11. The fourth-order valence-corrected chi connectivity index (χ4v) is 1.57. The van der Waals surface area contributed by atoms with E-state index in [0.717, 1.165) is 12.1 Å². The second kappa shape index (κ2) is 5.12. The van der Waals surface area contributed by atoms with Crippen molar-refractivity contribution in [1.82, 2.24) is 5.32 Å². The summed E-state index contributed by atoms with van der Waals surface area (Å²) < 4.78 is 13.2. The minimum absolute atomic E-state index is 0.0555. The van der Waals surface area contributed by atoms with Crippen molar-refractivity contribution in [2.75, 3.05) is 0 Å². The number of carbonyl (C=O) groups is 2. The highest BCUT2D eigenvalue weighted by Crippen LogP contribution is 2.24. The molecule has 0 aromatic heterocycles. The Labute approximate surface area is 113 Å². The second-order valence-electron chi connectivity index (χ2n) is 4.13. The van der Waals surface area contributed by atoms with Crippen molar-refractivity contribution in [3.63, 3.8) is 0 Å². The van der Waals surface area contributed by atoms with E-state index in [2.05, 4.69) is 5.32 Å². The van der Waals surface area contributed by atoms with Gasteiger partial charge in [-0.05, 0) is 26.0 Å². The molecule has 0 aliphatic carbocycles. The molecule has 0 unspecified atom stereocenters. The van der Waals surface area contributed by atoms with Crippen molar-refractivity contribution in [1.29, 1.82) is 0 Å². The summed E-state index contributed by atoms with van der Waals surface area (Å²) in [6.45, 7) is 2.60. The molecule has 4 nitrogen and oxygen atoms in total. The summed E-state index contributed by atoms with van der Waals surface area (Å²) in [6, 6.07) is 1.94. The summed E-state index contributed by atoms with van der Waals surface area (Å²) in [7, 11) is 0. The number of rotatable bonds is 3. The van der Waals surface area contributed by atoms with E-state index in [0.29, 0.717) is 0 Å². The Morgan fingerprint density at radius 3 is 2.33 bits per heavy atom. The van der Waals surface area contributed by atoms with E-state index >= 15 is 0 Å². The van der Waals surface area contributed by atoms with Gasteiger partial charge in [-0.25, -0.2) is 9.18 Å².